The van der Waals surface area contributed by atoms with Crippen molar-refractivity contribution in [1.82, 2.24) is 5.32 Å². The van der Waals surface area contributed by atoms with E-state index in [4.69, 9.17) is 27.9 Å². The molecule has 4 rings (SSSR count). The molecule has 1 heterocycles. The van der Waals surface area contributed by atoms with Gasteiger partial charge in [0.25, 0.3) is 5.91 Å². The van der Waals surface area contributed by atoms with Gasteiger partial charge in [-0.1, -0.05) is 72.2 Å². The van der Waals surface area contributed by atoms with Crippen molar-refractivity contribution in [2.24, 2.45) is 0 Å². The van der Waals surface area contributed by atoms with Crippen molar-refractivity contribution in [3.8, 4) is 5.75 Å². The van der Waals surface area contributed by atoms with Crippen LogP contribution < -0.4 is 15.4 Å². The summed E-state index contributed by atoms with van der Waals surface area (Å²) in [6, 6.07) is 19.5. The summed E-state index contributed by atoms with van der Waals surface area (Å²) >= 11 is 13.7. The van der Waals surface area contributed by atoms with E-state index >= 15 is 0 Å². The van der Waals surface area contributed by atoms with Crippen LogP contribution in [0.4, 0.5) is 5.69 Å². The van der Waals surface area contributed by atoms with Crippen LogP contribution in [0.15, 0.2) is 78.2 Å². The Balaban J connectivity index is 1.45. The van der Waals surface area contributed by atoms with Crippen LogP contribution in [0, 0.1) is 0 Å². The maximum absolute atomic E-state index is 12.6. The van der Waals surface area contributed by atoms with Crippen molar-refractivity contribution in [3.05, 3.63) is 111 Å². The standard InChI is InChI=1S/C28H26Cl2N2O2S/c1-3-5-20-14-19(8-13-25(20)34-17-21-9-10-22(29)16-24(21)30)15-26-27(33)32-28(35-26)31-23-11-6-18(4-2)7-12-23/h3,6-16,28,31H,1,4-5,17H2,2H3,(H,32,33)/b26-15-/t28-/m1/s1. The molecule has 0 aliphatic carbocycles. The molecule has 4 nitrogen and oxygen atoms in total. The number of allylic oxidation sites excluding steroid dienone is 1. The zero-order valence-electron chi connectivity index (χ0n) is 19.3. The fraction of sp³-hybridized carbons (Fsp3) is 0.179. The van der Waals surface area contributed by atoms with Crippen LogP contribution in [0.2, 0.25) is 10.0 Å². The molecule has 3 aromatic rings. The minimum Gasteiger partial charge on any atom is -0.489 e. The molecule has 1 saturated heterocycles. The van der Waals surface area contributed by atoms with Gasteiger partial charge in [0.1, 0.15) is 12.4 Å². The van der Waals surface area contributed by atoms with Gasteiger partial charge in [-0.25, -0.2) is 0 Å². The molecule has 3 aromatic carbocycles. The molecule has 1 aliphatic heterocycles. The molecule has 7 heteroatoms. The Morgan fingerprint density at radius 3 is 2.60 bits per heavy atom. The average Bonchev–Trinajstić information content (AvgIpc) is 3.18. The van der Waals surface area contributed by atoms with Gasteiger partial charge in [-0.3, -0.25) is 4.79 Å². The number of hydrogen-bond acceptors (Lipinski definition) is 4. The molecule has 1 amide bonds. The Labute approximate surface area is 220 Å². The van der Waals surface area contributed by atoms with E-state index in [1.807, 2.05) is 48.6 Å². The van der Waals surface area contributed by atoms with Gasteiger partial charge in [0.05, 0.1) is 4.91 Å². The molecule has 35 heavy (non-hydrogen) atoms. The molecule has 0 bridgehead atoms. The van der Waals surface area contributed by atoms with E-state index in [1.54, 1.807) is 12.1 Å². The highest BCUT2D eigenvalue weighted by Crippen LogP contribution is 2.32. The summed E-state index contributed by atoms with van der Waals surface area (Å²) in [5.41, 5.74) is 4.78. The number of aryl methyl sites for hydroxylation is 1. The summed E-state index contributed by atoms with van der Waals surface area (Å²) in [7, 11) is 0. The highest BCUT2D eigenvalue weighted by atomic mass is 35.5. The molecule has 0 spiro atoms. The summed E-state index contributed by atoms with van der Waals surface area (Å²) in [6.07, 6.45) is 5.36. The average molecular weight is 526 g/mol. The number of halogens is 2. The van der Waals surface area contributed by atoms with Gasteiger partial charge in [0.2, 0.25) is 0 Å². The van der Waals surface area contributed by atoms with Gasteiger partial charge in [-0.05, 0) is 72.0 Å². The van der Waals surface area contributed by atoms with E-state index in [-0.39, 0.29) is 11.4 Å². The number of carbonyl (C=O) groups is 1. The Hall–Kier alpha value is -2.86. The van der Waals surface area contributed by atoms with Crippen molar-refractivity contribution in [3.63, 3.8) is 0 Å². The van der Waals surface area contributed by atoms with E-state index < -0.39 is 0 Å². The fourth-order valence-electron chi connectivity index (χ4n) is 3.64. The number of amides is 1. The van der Waals surface area contributed by atoms with E-state index in [2.05, 4.69) is 36.3 Å². The van der Waals surface area contributed by atoms with E-state index in [1.165, 1.54) is 17.3 Å². The number of rotatable bonds is 9. The Kier molecular flexibility index (Phi) is 8.45. The van der Waals surface area contributed by atoms with Gasteiger partial charge in [0.15, 0.2) is 5.50 Å². The van der Waals surface area contributed by atoms with Crippen molar-refractivity contribution < 1.29 is 9.53 Å². The maximum atomic E-state index is 12.6. The highest BCUT2D eigenvalue weighted by molar-refractivity contribution is 8.05. The van der Waals surface area contributed by atoms with E-state index in [0.717, 1.165) is 34.5 Å². The second-order valence-corrected chi connectivity index (χ2v) is 10.0. The van der Waals surface area contributed by atoms with Crippen LogP contribution in [-0.4, -0.2) is 11.4 Å². The second-order valence-electron chi connectivity index (χ2n) is 8.06. The third-order valence-electron chi connectivity index (χ3n) is 5.54. The van der Waals surface area contributed by atoms with Crippen LogP contribution in [-0.2, 0) is 24.2 Å². The molecule has 1 aliphatic rings. The lowest BCUT2D eigenvalue weighted by atomic mass is 10.1. The molecule has 0 aromatic heterocycles. The fourth-order valence-corrected chi connectivity index (χ4v) is 5.09. The Bertz CT molecular complexity index is 1260. The first kappa shape index (κ1) is 25.2. The minimum atomic E-state index is -0.222. The first-order chi connectivity index (χ1) is 16.9. The minimum absolute atomic E-state index is 0.0966. The SMILES string of the molecule is C=CCc1cc(/C=C2\S[C@H](Nc3ccc(CC)cc3)NC2=O)ccc1OCc1ccc(Cl)cc1Cl. The molecule has 0 unspecified atom stereocenters. The lowest BCUT2D eigenvalue weighted by Gasteiger charge is -2.13. The molecular weight excluding hydrogens is 499 g/mol. The number of thioether (sulfide) groups is 1. The molecular formula is C28H26Cl2N2O2S. The molecule has 0 radical (unpaired) electrons. The quantitative estimate of drug-likeness (QED) is 0.225. The van der Waals surface area contributed by atoms with Crippen LogP contribution in [0.3, 0.4) is 0 Å². The zero-order chi connectivity index (χ0) is 24.8. The summed E-state index contributed by atoms with van der Waals surface area (Å²) in [4.78, 5) is 13.2. The number of nitrogens with one attached hydrogen (secondary N) is 2. The molecule has 1 atom stereocenters. The molecule has 1 fully saturated rings. The number of carbonyl (C=O) groups excluding carboxylic acids is 1. The Morgan fingerprint density at radius 2 is 1.89 bits per heavy atom. The van der Waals surface area contributed by atoms with Gasteiger partial charge in [-0.2, -0.15) is 0 Å². The van der Waals surface area contributed by atoms with Gasteiger partial charge in [-0.15, -0.1) is 6.58 Å². The van der Waals surface area contributed by atoms with E-state index in [0.29, 0.717) is 28.0 Å². The first-order valence-electron chi connectivity index (χ1n) is 11.3. The third kappa shape index (κ3) is 6.63. The largest absolute Gasteiger partial charge is 0.489 e. The number of hydrogen-bond donors (Lipinski definition) is 2. The van der Waals surface area contributed by atoms with Crippen molar-refractivity contribution >= 4 is 52.6 Å². The van der Waals surface area contributed by atoms with Crippen LogP contribution in [0.25, 0.3) is 6.08 Å². The number of benzene rings is 3. The van der Waals surface area contributed by atoms with Crippen molar-refractivity contribution in [2.45, 2.75) is 31.9 Å². The maximum Gasteiger partial charge on any atom is 0.260 e. The van der Waals surface area contributed by atoms with Crippen molar-refractivity contribution in [2.75, 3.05) is 5.32 Å². The van der Waals surface area contributed by atoms with Crippen LogP contribution in [0.5, 0.6) is 5.75 Å². The second kappa shape index (κ2) is 11.7. The number of anilines is 1. The van der Waals surface area contributed by atoms with Crippen LogP contribution >= 0.6 is 35.0 Å². The normalized spacial score (nSPS) is 16.3. The number of ether oxygens (including phenoxy) is 1. The predicted octanol–water partition coefficient (Wildman–Crippen LogP) is 7.46. The first-order valence-corrected chi connectivity index (χ1v) is 12.9. The summed E-state index contributed by atoms with van der Waals surface area (Å²) in [5.74, 6) is 0.650. The van der Waals surface area contributed by atoms with Crippen LogP contribution in [0.1, 0.15) is 29.2 Å². The van der Waals surface area contributed by atoms with Gasteiger partial charge >= 0.3 is 0 Å². The summed E-state index contributed by atoms with van der Waals surface area (Å²) in [6.45, 7) is 6.31. The topological polar surface area (TPSA) is 50.4 Å². The third-order valence-corrected chi connectivity index (χ3v) is 7.15. The van der Waals surface area contributed by atoms with Gasteiger partial charge in [0, 0.05) is 21.3 Å². The zero-order valence-corrected chi connectivity index (χ0v) is 21.6. The summed E-state index contributed by atoms with van der Waals surface area (Å²) < 4.78 is 6.05. The predicted molar refractivity (Wildman–Crippen MR) is 148 cm³/mol. The molecule has 2 N–H and O–H groups in total. The lowest BCUT2D eigenvalue weighted by Crippen LogP contribution is -2.30. The lowest BCUT2D eigenvalue weighted by molar-refractivity contribution is -0.116. The van der Waals surface area contributed by atoms with Crippen molar-refractivity contribution in [1.29, 1.82) is 0 Å². The molecule has 0 saturated carbocycles. The summed E-state index contributed by atoms with van der Waals surface area (Å²) in [5, 5.41) is 7.49. The monoisotopic (exact) mass is 524 g/mol. The Morgan fingerprint density at radius 1 is 1.09 bits per heavy atom. The highest BCUT2D eigenvalue weighted by Gasteiger charge is 2.27. The molecule has 180 valence electrons. The smallest absolute Gasteiger partial charge is 0.260 e. The van der Waals surface area contributed by atoms with Gasteiger partial charge < -0.3 is 15.4 Å². The van der Waals surface area contributed by atoms with E-state index in [9.17, 15) is 4.79 Å².